The summed E-state index contributed by atoms with van der Waals surface area (Å²) < 4.78 is 11.9. The molecular weight excluding hydrogens is 414 g/mol. The summed E-state index contributed by atoms with van der Waals surface area (Å²) in [4.78, 5) is 19.1. The Balaban J connectivity index is 1.47. The van der Waals surface area contributed by atoms with E-state index in [9.17, 15) is 4.79 Å². The highest BCUT2D eigenvalue weighted by Crippen LogP contribution is 2.35. The smallest absolute Gasteiger partial charge is 0.219 e. The third-order valence-corrected chi connectivity index (χ3v) is 6.81. The maximum Gasteiger partial charge on any atom is 0.219 e. The highest BCUT2D eigenvalue weighted by molar-refractivity contribution is 5.74. The number of hydrogen-bond acceptors (Lipinski definition) is 5. The van der Waals surface area contributed by atoms with E-state index in [4.69, 9.17) is 9.47 Å². The molecule has 2 fully saturated rings. The van der Waals surface area contributed by atoms with E-state index in [-0.39, 0.29) is 18.1 Å². The molecule has 4 rings (SSSR count). The average molecular weight is 452 g/mol. The highest BCUT2D eigenvalue weighted by Gasteiger charge is 2.30. The summed E-state index contributed by atoms with van der Waals surface area (Å²) in [5.74, 6) is 1.76. The van der Waals surface area contributed by atoms with Crippen molar-refractivity contribution in [1.29, 1.82) is 0 Å². The fourth-order valence-electron chi connectivity index (χ4n) is 5.12. The number of methoxy groups -OCH3 is 1. The number of amides is 1. The number of carbonyl (C=O) groups excluding carboxylic acids is 1. The Morgan fingerprint density at radius 2 is 1.82 bits per heavy atom. The fourth-order valence-corrected chi connectivity index (χ4v) is 5.12. The molecule has 0 N–H and O–H groups in total. The van der Waals surface area contributed by atoms with Crippen molar-refractivity contribution in [2.75, 3.05) is 45.2 Å². The van der Waals surface area contributed by atoms with Crippen molar-refractivity contribution >= 4 is 11.6 Å². The first-order chi connectivity index (χ1) is 16.0. The molecule has 0 spiro atoms. The predicted octanol–water partition coefficient (Wildman–Crippen LogP) is 4.19. The molecule has 33 heavy (non-hydrogen) atoms. The van der Waals surface area contributed by atoms with E-state index in [0.717, 1.165) is 62.8 Å². The highest BCUT2D eigenvalue weighted by atomic mass is 16.5. The Morgan fingerprint density at radius 3 is 2.52 bits per heavy atom. The fraction of sp³-hybridized carbons (Fsp3) is 0.519. The minimum absolute atomic E-state index is 0.131. The lowest BCUT2D eigenvalue weighted by Crippen LogP contribution is -2.58. The molecule has 1 aliphatic carbocycles. The maximum absolute atomic E-state index is 12.4. The molecule has 1 amide bonds. The Hall–Kier alpha value is -2.73. The Morgan fingerprint density at radius 1 is 1.06 bits per heavy atom. The van der Waals surface area contributed by atoms with Crippen LogP contribution in [-0.4, -0.2) is 68.2 Å². The normalized spacial score (nSPS) is 19.2. The molecule has 2 aromatic rings. The van der Waals surface area contributed by atoms with Crippen molar-refractivity contribution in [3.8, 4) is 11.5 Å². The molecule has 1 aliphatic heterocycles. The average Bonchev–Trinajstić information content (AvgIpc) is 3.32. The summed E-state index contributed by atoms with van der Waals surface area (Å²) in [6, 6.07) is 16.8. The third kappa shape index (κ3) is 5.99. The van der Waals surface area contributed by atoms with Crippen molar-refractivity contribution in [3.05, 3.63) is 54.1 Å². The van der Waals surface area contributed by atoms with Gasteiger partial charge < -0.3 is 24.2 Å². The first-order valence-electron chi connectivity index (χ1n) is 12.1. The second kappa shape index (κ2) is 10.9. The first-order valence-corrected chi connectivity index (χ1v) is 12.1. The Bertz CT molecular complexity index is 914. The van der Waals surface area contributed by atoms with Crippen molar-refractivity contribution < 1.29 is 14.3 Å². The summed E-state index contributed by atoms with van der Waals surface area (Å²) in [6.45, 7) is 5.71. The molecule has 0 unspecified atom stereocenters. The van der Waals surface area contributed by atoms with Gasteiger partial charge >= 0.3 is 0 Å². The van der Waals surface area contributed by atoms with Gasteiger partial charge in [0.05, 0.1) is 19.3 Å². The number of benzene rings is 2. The van der Waals surface area contributed by atoms with E-state index in [1.54, 1.807) is 14.0 Å². The second-order valence-corrected chi connectivity index (χ2v) is 9.35. The summed E-state index contributed by atoms with van der Waals surface area (Å²) in [6.07, 6.45) is 4.97. The Kier molecular flexibility index (Phi) is 7.76. The van der Waals surface area contributed by atoms with Crippen LogP contribution in [-0.2, 0) is 11.3 Å². The van der Waals surface area contributed by atoms with Gasteiger partial charge in [-0.15, -0.1) is 0 Å². The van der Waals surface area contributed by atoms with Crippen molar-refractivity contribution in [3.63, 3.8) is 0 Å². The molecule has 1 saturated carbocycles. The van der Waals surface area contributed by atoms with Crippen LogP contribution in [0.1, 0.15) is 38.2 Å². The molecule has 2 aromatic carbocycles. The van der Waals surface area contributed by atoms with Gasteiger partial charge in [-0.25, -0.2) is 0 Å². The van der Waals surface area contributed by atoms with Crippen LogP contribution < -0.4 is 14.4 Å². The van der Waals surface area contributed by atoms with Crippen LogP contribution in [0.15, 0.2) is 48.5 Å². The number of likely N-dealkylation sites (N-methyl/N-ethyl adjacent to an activating group) is 1. The molecule has 1 heterocycles. The minimum Gasteiger partial charge on any atom is -0.493 e. The van der Waals surface area contributed by atoms with Gasteiger partial charge in [0, 0.05) is 51.4 Å². The van der Waals surface area contributed by atoms with Gasteiger partial charge in [-0.05, 0) is 50.4 Å². The quantitative estimate of drug-likeness (QED) is 0.602. The van der Waals surface area contributed by atoms with Gasteiger partial charge in [0.1, 0.15) is 0 Å². The van der Waals surface area contributed by atoms with E-state index in [1.165, 1.54) is 18.4 Å². The SMILES string of the molecule is COc1ccc(N2CCN(C(C)=O)[C@@H](CN(C)Cc3ccccc3)C2)cc1OC1CCCC1. The number of piperazine rings is 1. The molecular formula is C27H37N3O3. The predicted molar refractivity (Wildman–Crippen MR) is 132 cm³/mol. The number of rotatable bonds is 8. The van der Waals surface area contributed by atoms with Crippen LogP contribution in [0.3, 0.4) is 0 Å². The van der Waals surface area contributed by atoms with Crippen LogP contribution in [0, 0.1) is 0 Å². The van der Waals surface area contributed by atoms with Crippen LogP contribution in [0.2, 0.25) is 0 Å². The van der Waals surface area contributed by atoms with Crippen LogP contribution in [0.5, 0.6) is 11.5 Å². The van der Waals surface area contributed by atoms with Gasteiger partial charge in [0.15, 0.2) is 11.5 Å². The third-order valence-electron chi connectivity index (χ3n) is 6.81. The van der Waals surface area contributed by atoms with Gasteiger partial charge in [0.2, 0.25) is 5.91 Å². The molecule has 178 valence electrons. The lowest BCUT2D eigenvalue weighted by atomic mass is 10.1. The van der Waals surface area contributed by atoms with E-state index in [0.29, 0.717) is 0 Å². The number of carbonyl (C=O) groups is 1. The largest absolute Gasteiger partial charge is 0.493 e. The lowest BCUT2D eigenvalue weighted by molar-refractivity contribution is -0.131. The zero-order chi connectivity index (χ0) is 23.2. The van der Waals surface area contributed by atoms with E-state index < -0.39 is 0 Å². The molecule has 1 atom stereocenters. The standard InChI is InChI=1S/C27H37N3O3/c1-21(31)30-16-15-29(20-24(30)19-28(2)18-22-9-5-4-6-10-22)23-13-14-26(32-3)27(17-23)33-25-11-7-8-12-25/h4-6,9-10,13-14,17,24-25H,7-8,11-12,15-16,18-20H2,1-3H3/t24-/m0/s1. The lowest BCUT2D eigenvalue weighted by Gasteiger charge is -2.43. The molecule has 2 aliphatic rings. The summed E-state index contributed by atoms with van der Waals surface area (Å²) >= 11 is 0. The minimum atomic E-state index is 0.131. The molecule has 0 bridgehead atoms. The molecule has 0 radical (unpaired) electrons. The number of nitrogens with zero attached hydrogens (tertiary/aromatic N) is 3. The summed E-state index contributed by atoms with van der Waals surface area (Å²) in [5.41, 5.74) is 2.41. The maximum atomic E-state index is 12.4. The van der Waals surface area contributed by atoms with E-state index in [1.807, 2.05) is 17.0 Å². The summed E-state index contributed by atoms with van der Waals surface area (Å²) in [5, 5.41) is 0. The molecule has 6 heteroatoms. The van der Waals surface area contributed by atoms with E-state index >= 15 is 0 Å². The monoisotopic (exact) mass is 451 g/mol. The van der Waals surface area contributed by atoms with Crippen LogP contribution >= 0.6 is 0 Å². The van der Waals surface area contributed by atoms with Gasteiger partial charge in [0.25, 0.3) is 0 Å². The van der Waals surface area contributed by atoms with Gasteiger partial charge in [-0.1, -0.05) is 30.3 Å². The first kappa shape index (κ1) is 23.4. The summed E-state index contributed by atoms with van der Waals surface area (Å²) in [7, 11) is 3.83. The van der Waals surface area contributed by atoms with E-state index in [2.05, 4.69) is 53.2 Å². The van der Waals surface area contributed by atoms with Crippen LogP contribution in [0.4, 0.5) is 5.69 Å². The van der Waals surface area contributed by atoms with Crippen molar-refractivity contribution in [1.82, 2.24) is 9.80 Å². The molecule has 1 saturated heterocycles. The Labute approximate surface area is 198 Å². The van der Waals surface area contributed by atoms with Crippen LogP contribution in [0.25, 0.3) is 0 Å². The van der Waals surface area contributed by atoms with Crippen molar-refractivity contribution in [2.24, 2.45) is 0 Å². The zero-order valence-corrected chi connectivity index (χ0v) is 20.2. The van der Waals surface area contributed by atoms with Gasteiger partial charge in [-0.3, -0.25) is 4.79 Å². The topological polar surface area (TPSA) is 45.2 Å². The number of ether oxygens (including phenoxy) is 2. The number of hydrogen-bond donors (Lipinski definition) is 0. The molecule has 6 nitrogen and oxygen atoms in total. The zero-order valence-electron chi connectivity index (χ0n) is 20.2. The van der Waals surface area contributed by atoms with Gasteiger partial charge in [-0.2, -0.15) is 0 Å². The molecule has 0 aromatic heterocycles. The van der Waals surface area contributed by atoms with Crippen molar-refractivity contribution in [2.45, 2.75) is 51.3 Å². The second-order valence-electron chi connectivity index (χ2n) is 9.35. The number of anilines is 1.